The van der Waals surface area contributed by atoms with Crippen LogP contribution in [0, 0.1) is 6.92 Å². The molecule has 0 aliphatic carbocycles. The van der Waals surface area contributed by atoms with Gasteiger partial charge in [0.05, 0.1) is 18.3 Å². The molecule has 5 rings (SSSR count). The summed E-state index contributed by atoms with van der Waals surface area (Å²) in [5.41, 5.74) is 3.71. The van der Waals surface area contributed by atoms with Gasteiger partial charge in [0.25, 0.3) is 5.69 Å². The smallest absolute Gasteiger partial charge is 0.440 e. The van der Waals surface area contributed by atoms with E-state index in [-0.39, 0.29) is 5.56 Å². The molecule has 1 aliphatic rings. The number of para-hydroxylation sites is 1. The lowest BCUT2D eigenvalue weighted by Gasteiger charge is -2.25. The van der Waals surface area contributed by atoms with Crippen LogP contribution in [0.15, 0.2) is 54.7 Å². The molecule has 1 amide bonds. The zero-order valence-corrected chi connectivity index (χ0v) is 19.8. The number of nitrogens with zero attached hydrogens (tertiary/aromatic N) is 5. The van der Waals surface area contributed by atoms with Crippen molar-refractivity contribution in [2.24, 2.45) is 0 Å². The minimum atomic E-state index is -0.547. The molecule has 0 unspecified atom stereocenters. The number of rotatable bonds is 4. The lowest BCUT2D eigenvalue weighted by Crippen LogP contribution is -2.20. The second-order valence-electron chi connectivity index (χ2n) is 8.38. The summed E-state index contributed by atoms with van der Waals surface area (Å²) in [6, 6.07) is 14.6. The maximum atomic E-state index is 13.5. The molecule has 0 bridgehead atoms. The number of H-pyrrole nitrogens is 1. The number of fused-ring (bicyclic) bond motifs is 2. The fourth-order valence-electron chi connectivity index (χ4n) is 4.52. The number of aryl methyl sites for hydroxylation is 1. The summed E-state index contributed by atoms with van der Waals surface area (Å²) in [4.78, 5) is 41.9. The first-order chi connectivity index (χ1) is 17.0. The van der Waals surface area contributed by atoms with Crippen molar-refractivity contribution in [3.05, 3.63) is 66.1 Å². The molecule has 3 heterocycles. The van der Waals surface area contributed by atoms with E-state index in [1.165, 1.54) is 7.11 Å². The molecule has 176 valence electrons. The summed E-state index contributed by atoms with van der Waals surface area (Å²) >= 11 is 0. The predicted octanol–water partition coefficient (Wildman–Crippen LogP) is 4.07. The highest BCUT2D eigenvalue weighted by atomic mass is 16.5. The number of methoxy groups -OCH3 is 1. The van der Waals surface area contributed by atoms with Gasteiger partial charge in [-0.25, -0.2) is 14.8 Å². The molecule has 1 N–H and O–H groups in total. The highest BCUT2D eigenvalue weighted by Crippen LogP contribution is 2.37. The normalized spacial score (nSPS) is 13.2. The number of nitrogens with one attached hydrogen (secondary N) is 1. The topological polar surface area (TPSA) is 94.4 Å². The summed E-state index contributed by atoms with van der Waals surface area (Å²) in [7, 11) is 3.54. The van der Waals surface area contributed by atoms with Crippen LogP contribution in [-0.4, -0.2) is 58.8 Å². The van der Waals surface area contributed by atoms with E-state index in [4.69, 9.17) is 4.74 Å². The number of aromatic nitrogens is 3. The Morgan fingerprint density at radius 2 is 2.03 bits per heavy atom. The van der Waals surface area contributed by atoms with E-state index in [2.05, 4.69) is 24.8 Å². The molecule has 9 heteroatoms. The average Bonchev–Trinajstić information content (AvgIpc) is 3.19. The fraction of sp³-hybridized carbons (Fsp3) is 0.231. The minimum Gasteiger partial charge on any atom is -0.496 e. The van der Waals surface area contributed by atoms with Gasteiger partial charge in [-0.15, -0.1) is 0 Å². The lowest BCUT2D eigenvalue weighted by molar-refractivity contribution is -0.330. The van der Waals surface area contributed by atoms with Crippen molar-refractivity contribution in [2.45, 2.75) is 13.3 Å². The highest BCUT2D eigenvalue weighted by Gasteiger charge is 2.31. The van der Waals surface area contributed by atoms with Crippen LogP contribution in [0.5, 0.6) is 5.75 Å². The Balaban J connectivity index is 1.55. The van der Waals surface area contributed by atoms with Crippen molar-refractivity contribution in [3.8, 4) is 5.75 Å². The van der Waals surface area contributed by atoms with Crippen molar-refractivity contribution in [2.75, 3.05) is 37.0 Å². The first kappa shape index (κ1) is 22.3. The molecule has 0 saturated heterocycles. The minimum absolute atomic E-state index is 0.252. The molecule has 9 nitrogen and oxygen atoms in total. The Labute approximate surface area is 202 Å². The van der Waals surface area contributed by atoms with E-state index in [0.717, 1.165) is 46.8 Å². The van der Waals surface area contributed by atoms with Gasteiger partial charge in [-0.1, -0.05) is 6.07 Å². The Bertz CT molecular complexity index is 1490. The van der Waals surface area contributed by atoms with Crippen molar-refractivity contribution < 1.29 is 18.9 Å². The number of pyridine rings is 1. The van der Waals surface area contributed by atoms with Crippen molar-refractivity contribution >= 4 is 45.9 Å². The van der Waals surface area contributed by atoms with Gasteiger partial charge in [0.2, 0.25) is 0 Å². The molecule has 2 aromatic heterocycles. The van der Waals surface area contributed by atoms with E-state index < -0.39 is 5.91 Å². The first-order valence-electron chi connectivity index (χ1n) is 11.3. The molecule has 2 aromatic carbocycles. The molecule has 0 fully saturated rings. The van der Waals surface area contributed by atoms with Crippen molar-refractivity contribution in [3.63, 3.8) is 0 Å². The van der Waals surface area contributed by atoms with Gasteiger partial charge < -0.3 is 19.5 Å². The number of hydrogen-bond donors (Lipinski definition) is 1. The van der Waals surface area contributed by atoms with Crippen molar-refractivity contribution in [1.29, 1.82) is 0 Å². The Kier molecular flexibility index (Phi) is 5.76. The summed E-state index contributed by atoms with van der Waals surface area (Å²) in [5, 5.41) is 0. The number of ether oxygens (including phenoxy) is 1. The van der Waals surface area contributed by atoms with Crippen LogP contribution in [0.2, 0.25) is 0 Å². The second-order valence-corrected chi connectivity index (χ2v) is 8.38. The number of amides is 1. The van der Waals surface area contributed by atoms with Gasteiger partial charge in [0.1, 0.15) is 17.1 Å². The largest absolute Gasteiger partial charge is 0.496 e. The average molecular weight is 470 g/mol. The third kappa shape index (κ3) is 3.92. The molecule has 0 spiro atoms. The van der Waals surface area contributed by atoms with E-state index >= 15 is 0 Å². The number of hydrogen-bond acceptors (Lipinski definition) is 7. The number of imidazole rings is 1. The summed E-state index contributed by atoms with van der Waals surface area (Å²) in [6.07, 6.45) is 4.50. The Morgan fingerprint density at radius 1 is 1.17 bits per heavy atom. The van der Waals surface area contributed by atoms with Gasteiger partial charge in [-0.2, -0.15) is 4.79 Å². The molecule has 0 radical (unpaired) electrons. The highest BCUT2D eigenvalue weighted by molar-refractivity contribution is 5.97. The zero-order valence-electron chi connectivity index (χ0n) is 19.8. The van der Waals surface area contributed by atoms with Gasteiger partial charge in [0.15, 0.2) is 11.3 Å². The van der Waals surface area contributed by atoms with E-state index in [1.54, 1.807) is 30.5 Å². The van der Waals surface area contributed by atoms with Crippen LogP contribution in [0.4, 0.5) is 22.9 Å². The maximum Gasteiger partial charge on any atom is 0.440 e. The number of carbonyl (C=O) groups excluding carboxylic acids is 2. The summed E-state index contributed by atoms with van der Waals surface area (Å²) in [6.45, 7) is 3.49. The standard InChI is InChI=1S/C26H25N6O3/c1-17-28-20-7-4-8-21(24(20)29-17)32(16-33)26(34)19-11-10-18(15-23(19)35-3)31-14-6-13-30(2)25-22(31)9-5-12-27-25/h4-5,7-12,15H,6,13-14H2,1-3H3,(H,28,29)/q+1. The van der Waals surface area contributed by atoms with E-state index in [9.17, 15) is 9.59 Å². The van der Waals surface area contributed by atoms with Gasteiger partial charge in [-0.3, -0.25) is 0 Å². The lowest BCUT2D eigenvalue weighted by atomic mass is 10.1. The molecular formula is C26H25N6O3+. The monoisotopic (exact) mass is 469 g/mol. The molecule has 0 saturated carbocycles. The van der Waals surface area contributed by atoms with Crippen LogP contribution in [-0.2, 0) is 4.79 Å². The van der Waals surface area contributed by atoms with Crippen LogP contribution in [0.25, 0.3) is 11.0 Å². The number of benzene rings is 2. The summed E-state index contributed by atoms with van der Waals surface area (Å²) in [5.74, 6) is 1.40. The van der Waals surface area contributed by atoms with E-state index in [1.807, 2.05) is 44.3 Å². The molecule has 1 aliphatic heterocycles. The molecule has 0 atom stereocenters. The van der Waals surface area contributed by atoms with Crippen molar-refractivity contribution in [1.82, 2.24) is 15.0 Å². The molecule has 35 heavy (non-hydrogen) atoms. The predicted molar refractivity (Wildman–Crippen MR) is 133 cm³/mol. The van der Waals surface area contributed by atoms with Gasteiger partial charge in [-0.05, 0) is 48.3 Å². The fourth-order valence-corrected chi connectivity index (χ4v) is 4.52. The molecule has 4 aromatic rings. The van der Waals surface area contributed by atoms with Gasteiger partial charge >= 0.3 is 12.0 Å². The number of isocyanates is 1. The van der Waals surface area contributed by atoms with Crippen LogP contribution >= 0.6 is 0 Å². The number of carbonyl (C=O) groups is 1. The summed E-state index contributed by atoms with van der Waals surface area (Å²) < 4.78 is 6.55. The molecular weight excluding hydrogens is 444 g/mol. The van der Waals surface area contributed by atoms with E-state index in [0.29, 0.717) is 22.8 Å². The SMILES string of the molecule is COc1cc(N2CCCN(C)c3ncccc32)ccc1C(=O)[N+](=C=O)c1cccc2[nH]c(C)nc12. The maximum absolute atomic E-state index is 13.5. The number of anilines is 3. The Hall–Kier alpha value is -4.49. The van der Waals surface area contributed by atoms with Crippen LogP contribution in [0.3, 0.4) is 0 Å². The van der Waals surface area contributed by atoms with Crippen LogP contribution < -0.4 is 14.5 Å². The third-order valence-electron chi connectivity index (χ3n) is 6.17. The quantitative estimate of drug-likeness (QED) is 0.273. The van der Waals surface area contributed by atoms with Gasteiger partial charge in [0, 0.05) is 44.2 Å². The Morgan fingerprint density at radius 3 is 2.83 bits per heavy atom. The zero-order chi connectivity index (χ0) is 24.5. The first-order valence-corrected chi connectivity index (χ1v) is 11.3. The number of aromatic amines is 1. The third-order valence-corrected chi connectivity index (χ3v) is 6.17. The van der Waals surface area contributed by atoms with Crippen LogP contribution in [0.1, 0.15) is 22.6 Å². The second kappa shape index (κ2) is 9.04.